The van der Waals surface area contributed by atoms with E-state index in [1.54, 1.807) is 48.5 Å². The van der Waals surface area contributed by atoms with Crippen molar-refractivity contribution in [2.75, 3.05) is 6.54 Å². The first kappa shape index (κ1) is 14.5. The highest BCUT2D eigenvalue weighted by atomic mass is 35.5. The van der Waals surface area contributed by atoms with Gasteiger partial charge in [-0.25, -0.2) is 4.39 Å². The monoisotopic (exact) mass is 315 g/mol. The molecule has 0 saturated carbocycles. The summed E-state index contributed by atoms with van der Waals surface area (Å²) in [5.74, 6) is -0.817. The normalized spacial score (nSPS) is 14.5. The molecular formula is C17H11ClFNO2. The number of carbonyl (C=O) groups excluding carboxylic acids is 2. The SMILES string of the molecule is O=C1c2ccccc2C(=O)N1C/C(=C/F)c1ccc(Cl)cc1. The number of halogens is 2. The third-order valence-electron chi connectivity index (χ3n) is 3.55. The molecule has 1 aliphatic heterocycles. The fourth-order valence-electron chi connectivity index (χ4n) is 2.41. The zero-order chi connectivity index (χ0) is 15.7. The van der Waals surface area contributed by atoms with Crippen LogP contribution in [0.2, 0.25) is 5.02 Å². The van der Waals surface area contributed by atoms with Crippen LogP contribution in [0.1, 0.15) is 26.3 Å². The van der Waals surface area contributed by atoms with Gasteiger partial charge in [0.25, 0.3) is 11.8 Å². The Kier molecular flexibility index (Phi) is 3.77. The minimum absolute atomic E-state index is 0.121. The summed E-state index contributed by atoms with van der Waals surface area (Å²) in [4.78, 5) is 25.6. The molecule has 0 aromatic heterocycles. The van der Waals surface area contributed by atoms with Crippen LogP contribution in [0.15, 0.2) is 54.9 Å². The zero-order valence-corrected chi connectivity index (χ0v) is 12.2. The van der Waals surface area contributed by atoms with Gasteiger partial charge in [0.15, 0.2) is 0 Å². The number of carbonyl (C=O) groups is 2. The largest absolute Gasteiger partial charge is 0.270 e. The number of rotatable bonds is 3. The Bertz CT molecular complexity index is 749. The summed E-state index contributed by atoms with van der Waals surface area (Å²) in [5.41, 5.74) is 1.51. The maximum atomic E-state index is 13.2. The summed E-state index contributed by atoms with van der Waals surface area (Å²) in [6, 6.07) is 13.1. The van der Waals surface area contributed by atoms with Crippen LogP contribution in [-0.2, 0) is 0 Å². The van der Waals surface area contributed by atoms with Crippen LogP contribution >= 0.6 is 11.6 Å². The molecule has 0 saturated heterocycles. The lowest BCUT2D eigenvalue weighted by Crippen LogP contribution is -2.31. The summed E-state index contributed by atoms with van der Waals surface area (Å²) < 4.78 is 13.2. The summed E-state index contributed by atoms with van der Waals surface area (Å²) in [5, 5.41) is 0.530. The molecule has 2 aromatic rings. The van der Waals surface area contributed by atoms with Crippen LogP contribution in [0.4, 0.5) is 4.39 Å². The van der Waals surface area contributed by atoms with Gasteiger partial charge in [0.2, 0.25) is 0 Å². The molecule has 0 N–H and O–H groups in total. The Morgan fingerprint density at radius 1 is 1.00 bits per heavy atom. The first-order chi connectivity index (χ1) is 10.6. The van der Waals surface area contributed by atoms with Crippen molar-refractivity contribution in [3.05, 3.63) is 76.6 Å². The van der Waals surface area contributed by atoms with Crippen molar-refractivity contribution in [1.29, 1.82) is 0 Å². The second kappa shape index (κ2) is 5.73. The first-order valence-electron chi connectivity index (χ1n) is 6.62. The maximum Gasteiger partial charge on any atom is 0.261 e. The molecule has 0 aliphatic carbocycles. The predicted octanol–water partition coefficient (Wildman–Crippen LogP) is 3.95. The average molecular weight is 316 g/mol. The smallest absolute Gasteiger partial charge is 0.261 e. The van der Waals surface area contributed by atoms with Crippen molar-refractivity contribution in [3.8, 4) is 0 Å². The Morgan fingerprint density at radius 3 is 2.05 bits per heavy atom. The van der Waals surface area contributed by atoms with Gasteiger partial charge >= 0.3 is 0 Å². The fourth-order valence-corrected chi connectivity index (χ4v) is 2.53. The Morgan fingerprint density at radius 2 is 1.55 bits per heavy atom. The average Bonchev–Trinajstić information content (AvgIpc) is 2.78. The van der Waals surface area contributed by atoms with E-state index in [-0.39, 0.29) is 12.1 Å². The highest BCUT2D eigenvalue weighted by molar-refractivity contribution is 6.30. The van der Waals surface area contributed by atoms with Crippen molar-refractivity contribution in [2.45, 2.75) is 0 Å². The van der Waals surface area contributed by atoms with E-state index < -0.39 is 11.8 Å². The van der Waals surface area contributed by atoms with Crippen LogP contribution in [0.25, 0.3) is 5.57 Å². The lowest BCUT2D eigenvalue weighted by molar-refractivity contribution is 0.0674. The van der Waals surface area contributed by atoms with Crippen molar-refractivity contribution in [1.82, 2.24) is 4.90 Å². The zero-order valence-electron chi connectivity index (χ0n) is 11.4. The minimum Gasteiger partial charge on any atom is -0.270 e. The first-order valence-corrected chi connectivity index (χ1v) is 7.00. The third-order valence-corrected chi connectivity index (χ3v) is 3.81. The van der Waals surface area contributed by atoms with Crippen molar-refractivity contribution in [2.24, 2.45) is 0 Å². The van der Waals surface area contributed by atoms with E-state index in [0.717, 1.165) is 4.90 Å². The van der Waals surface area contributed by atoms with Gasteiger partial charge in [0.1, 0.15) is 0 Å². The van der Waals surface area contributed by atoms with Crippen LogP contribution < -0.4 is 0 Å². The molecule has 22 heavy (non-hydrogen) atoms. The second-order valence-corrected chi connectivity index (χ2v) is 5.32. The lowest BCUT2D eigenvalue weighted by atomic mass is 10.1. The van der Waals surface area contributed by atoms with Crippen LogP contribution in [0.5, 0.6) is 0 Å². The number of nitrogens with zero attached hydrogens (tertiary/aromatic N) is 1. The number of benzene rings is 2. The van der Waals surface area contributed by atoms with Gasteiger partial charge in [0.05, 0.1) is 24.0 Å². The molecule has 0 radical (unpaired) electrons. The maximum absolute atomic E-state index is 13.2. The third kappa shape index (κ3) is 2.42. The van der Waals surface area contributed by atoms with E-state index in [4.69, 9.17) is 11.6 Å². The number of hydrogen-bond acceptors (Lipinski definition) is 2. The fraction of sp³-hybridized carbons (Fsp3) is 0.0588. The van der Waals surface area contributed by atoms with Gasteiger partial charge < -0.3 is 0 Å². The van der Waals surface area contributed by atoms with E-state index in [1.807, 2.05) is 0 Å². The summed E-state index contributed by atoms with van der Waals surface area (Å²) in [6.45, 7) is -0.121. The van der Waals surface area contributed by atoms with E-state index in [9.17, 15) is 14.0 Å². The van der Waals surface area contributed by atoms with Crippen LogP contribution in [0, 0.1) is 0 Å². The van der Waals surface area contributed by atoms with Crippen LogP contribution in [0.3, 0.4) is 0 Å². The number of fused-ring (bicyclic) bond motifs is 1. The molecule has 110 valence electrons. The molecule has 0 bridgehead atoms. The Balaban J connectivity index is 1.89. The van der Waals surface area contributed by atoms with E-state index >= 15 is 0 Å². The highest BCUT2D eigenvalue weighted by Crippen LogP contribution is 2.26. The highest BCUT2D eigenvalue weighted by Gasteiger charge is 2.35. The standard InChI is InChI=1S/C17H11ClFNO2/c18-13-7-5-11(6-8-13)12(9-19)10-20-16(21)14-3-1-2-4-15(14)17(20)22/h1-9H,10H2/b12-9-. The van der Waals surface area contributed by atoms with Gasteiger partial charge in [-0.15, -0.1) is 0 Å². The lowest BCUT2D eigenvalue weighted by Gasteiger charge is -2.16. The van der Waals surface area contributed by atoms with Gasteiger partial charge in [-0.2, -0.15) is 0 Å². The van der Waals surface area contributed by atoms with Gasteiger partial charge in [-0.05, 0) is 29.8 Å². The predicted molar refractivity (Wildman–Crippen MR) is 82.3 cm³/mol. The molecule has 3 rings (SSSR count). The second-order valence-electron chi connectivity index (χ2n) is 4.88. The quantitative estimate of drug-likeness (QED) is 0.804. The molecule has 1 aliphatic rings. The van der Waals surface area contributed by atoms with Gasteiger partial charge in [-0.1, -0.05) is 35.9 Å². The van der Waals surface area contributed by atoms with Crippen molar-refractivity contribution >= 4 is 29.0 Å². The van der Waals surface area contributed by atoms with Crippen molar-refractivity contribution < 1.29 is 14.0 Å². The molecule has 2 aromatic carbocycles. The molecule has 5 heteroatoms. The van der Waals surface area contributed by atoms with E-state index in [1.165, 1.54) is 0 Å². The van der Waals surface area contributed by atoms with E-state index in [2.05, 4.69) is 0 Å². The Labute approximate surface area is 131 Å². The molecule has 3 nitrogen and oxygen atoms in total. The van der Waals surface area contributed by atoms with Crippen molar-refractivity contribution in [3.63, 3.8) is 0 Å². The van der Waals surface area contributed by atoms with Gasteiger partial charge in [-0.3, -0.25) is 14.5 Å². The number of hydrogen-bond donors (Lipinski definition) is 0. The van der Waals surface area contributed by atoms with E-state index in [0.29, 0.717) is 28.0 Å². The number of imide groups is 1. The molecule has 2 amide bonds. The molecular weight excluding hydrogens is 305 g/mol. The molecule has 0 spiro atoms. The minimum atomic E-state index is -0.408. The van der Waals surface area contributed by atoms with Crippen LogP contribution in [-0.4, -0.2) is 23.3 Å². The summed E-state index contributed by atoms with van der Waals surface area (Å²) >= 11 is 5.81. The Hall–Kier alpha value is -2.46. The summed E-state index contributed by atoms with van der Waals surface area (Å²) in [6.07, 6.45) is 0.410. The molecule has 0 atom stereocenters. The van der Waals surface area contributed by atoms with Gasteiger partial charge in [0, 0.05) is 10.6 Å². The molecule has 0 fully saturated rings. The number of amides is 2. The molecule has 0 unspecified atom stereocenters. The molecule has 1 heterocycles. The topological polar surface area (TPSA) is 37.4 Å². The summed E-state index contributed by atoms with van der Waals surface area (Å²) in [7, 11) is 0.